The highest BCUT2D eigenvalue weighted by molar-refractivity contribution is 5.96. The molecule has 0 bridgehead atoms. The highest BCUT2D eigenvalue weighted by atomic mass is 16.2. The normalized spacial score (nSPS) is 12.5. The van der Waals surface area contributed by atoms with Crippen LogP contribution in [0.15, 0.2) is 12.4 Å². The Bertz CT molecular complexity index is 757. The summed E-state index contributed by atoms with van der Waals surface area (Å²) in [7, 11) is 1.91. The fraction of sp³-hybridized carbons (Fsp3) is 0.529. The molecule has 0 fully saturated rings. The van der Waals surface area contributed by atoms with Gasteiger partial charge in [-0.15, -0.1) is 0 Å². The van der Waals surface area contributed by atoms with E-state index in [1.54, 1.807) is 17.8 Å². The van der Waals surface area contributed by atoms with E-state index in [1.165, 1.54) is 6.92 Å². The van der Waals surface area contributed by atoms with Crippen LogP contribution in [-0.2, 0) is 18.4 Å². The molecule has 2 aromatic heterocycles. The van der Waals surface area contributed by atoms with Gasteiger partial charge in [0.25, 0.3) is 0 Å². The maximum Gasteiger partial charge on any atom is 0.242 e. The maximum atomic E-state index is 12.5. The van der Waals surface area contributed by atoms with Gasteiger partial charge in [-0.2, -0.15) is 5.10 Å². The lowest BCUT2D eigenvalue weighted by atomic mass is 10.0. The number of hydrogen-bond donors (Lipinski definition) is 1. The van der Waals surface area contributed by atoms with Crippen molar-refractivity contribution >= 4 is 11.7 Å². The van der Waals surface area contributed by atoms with Crippen molar-refractivity contribution in [2.24, 2.45) is 13.0 Å². The van der Waals surface area contributed by atoms with E-state index in [1.807, 2.05) is 38.6 Å². The predicted octanol–water partition coefficient (Wildman–Crippen LogP) is 1.95. The molecule has 1 N–H and O–H groups in total. The van der Waals surface area contributed by atoms with Gasteiger partial charge in [0.05, 0.1) is 17.3 Å². The van der Waals surface area contributed by atoms with Crippen LogP contribution in [0.3, 0.4) is 0 Å². The zero-order valence-corrected chi connectivity index (χ0v) is 15.1. The largest absolute Gasteiger partial charge is 0.344 e. The van der Waals surface area contributed by atoms with Crippen molar-refractivity contribution in [2.75, 3.05) is 0 Å². The van der Waals surface area contributed by atoms with E-state index in [4.69, 9.17) is 0 Å². The highest BCUT2D eigenvalue weighted by Crippen LogP contribution is 2.20. The molecule has 0 saturated heterocycles. The van der Waals surface area contributed by atoms with E-state index in [0.29, 0.717) is 17.0 Å². The van der Waals surface area contributed by atoms with Crippen LogP contribution in [0.25, 0.3) is 0 Å². The van der Waals surface area contributed by atoms with Gasteiger partial charge in [0.1, 0.15) is 12.4 Å². The van der Waals surface area contributed by atoms with Crippen LogP contribution in [-0.4, -0.2) is 31.0 Å². The Labute approximate surface area is 142 Å². The van der Waals surface area contributed by atoms with E-state index in [0.717, 1.165) is 5.82 Å². The zero-order chi connectivity index (χ0) is 18.0. The summed E-state index contributed by atoms with van der Waals surface area (Å²) in [5.41, 5.74) is 1.96. The summed E-state index contributed by atoms with van der Waals surface area (Å²) in [5, 5.41) is 7.34. The predicted molar refractivity (Wildman–Crippen MR) is 90.6 cm³/mol. The average Bonchev–Trinajstić information content (AvgIpc) is 3.00. The topological polar surface area (TPSA) is 81.8 Å². The van der Waals surface area contributed by atoms with Crippen molar-refractivity contribution in [3.8, 4) is 0 Å². The lowest BCUT2D eigenvalue weighted by molar-refractivity contribution is -0.123. The molecule has 2 rings (SSSR count). The minimum atomic E-state index is -0.179. The molecule has 0 spiro atoms. The van der Waals surface area contributed by atoms with Gasteiger partial charge in [0, 0.05) is 25.1 Å². The Hall–Kier alpha value is -2.44. The molecule has 7 heteroatoms. The van der Waals surface area contributed by atoms with Gasteiger partial charge in [-0.1, -0.05) is 13.8 Å². The van der Waals surface area contributed by atoms with Crippen molar-refractivity contribution in [1.29, 1.82) is 0 Å². The maximum absolute atomic E-state index is 12.5. The molecule has 7 nitrogen and oxygen atoms in total. The number of aryl methyl sites for hydroxylation is 2. The van der Waals surface area contributed by atoms with Crippen molar-refractivity contribution < 1.29 is 9.59 Å². The van der Waals surface area contributed by atoms with Crippen LogP contribution >= 0.6 is 0 Å². The first-order valence-corrected chi connectivity index (χ1v) is 8.03. The van der Waals surface area contributed by atoms with Crippen molar-refractivity contribution in [3.63, 3.8) is 0 Å². The Morgan fingerprint density at radius 1 is 1.29 bits per heavy atom. The zero-order valence-electron chi connectivity index (χ0n) is 15.1. The number of amides is 1. The molecule has 0 aliphatic carbocycles. The number of carbonyl (C=O) groups is 2. The molecular weight excluding hydrogens is 306 g/mol. The first-order chi connectivity index (χ1) is 11.2. The van der Waals surface area contributed by atoms with Gasteiger partial charge in [-0.3, -0.25) is 14.3 Å². The number of carbonyl (C=O) groups excluding carboxylic acids is 2. The van der Waals surface area contributed by atoms with E-state index < -0.39 is 0 Å². The van der Waals surface area contributed by atoms with Crippen LogP contribution in [0.5, 0.6) is 0 Å². The molecule has 1 amide bonds. The van der Waals surface area contributed by atoms with Crippen LogP contribution < -0.4 is 5.32 Å². The summed E-state index contributed by atoms with van der Waals surface area (Å²) in [6, 6.07) is -0.179. The third-order valence-electron chi connectivity index (χ3n) is 4.15. The summed E-state index contributed by atoms with van der Waals surface area (Å²) in [6.45, 7) is 9.25. The molecular formula is C17H25N5O2. The standard InChI is InChI=1S/C17H25N5O2/c1-10(2)16(17-18-7-8-21(17)6)19-14(24)9-22-12(4)15(13(5)23)11(3)20-22/h7-8,10,16H,9H2,1-6H3,(H,19,24)/t16-/m1/s1. The number of nitrogens with one attached hydrogen (secondary N) is 1. The monoisotopic (exact) mass is 331 g/mol. The van der Waals surface area contributed by atoms with E-state index in [-0.39, 0.29) is 30.2 Å². The molecule has 2 heterocycles. The van der Waals surface area contributed by atoms with Gasteiger partial charge < -0.3 is 9.88 Å². The van der Waals surface area contributed by atoms with Gasteiger partial charge in [0.2, 0.25) is 5.91 Å². The third kappa shape index (κ3) is 3.55. The molecule has 0 radical (unpaired) electrons. The van der Waals surface area contributed by atoms with Crippen LogP contribution in [0.1, 0.15) is 54.4 Å². The van der Waals surface area contributed by atoms with Crippen LogP contribution in [0.2, 0.25) is 0 Å². The van der Waals surface area contributed by atoms with Gasteiger partial charge in [0.15, 0.2) is 5.78 Å². The minimum Gasteiger partial charge on any atom is -0.344 e. The first-order valence-electron chi connectivity index (χ1n) is 8.03. The Kier molecular flexibility index (Phi) is 5.21. The van der Waals surface area contributed by atoms with E-state index in [2.05, 4.69) is 15.4 Å². The second-order valence-corrected chi connectivity index (χ2v) is 6.45. The quantitative estimate of drug-likeness (QED) is 0.820. The lowest BCUT2D eigenvalue weighted by Crippen LogP contribution is -2.36. The Morgan fingerprint density at radius 2 is 1.96 bits per heavy atom. The smallest absolute Gasteiger partial charge is 0.242 e. The molecule has 24 heavy (non-hydrogen) atoms. The number of aromatic nitrogens is 4. The molecule has 0 aliphatic rings. The second kappa shape index (κ2) is 6.98. The van der Waals surface area contributed by atoms with Gasteiger partial charge in [-0.05, 0) is 26.7 Å². The van der Waals surface area contributed by atoms with Gasteiger partial charge in [-0.25, -0.2) is 4.98 Å². The van der Waals surface area contributed by atoms with Crippen molar-refractivity contribution in [1.82, 2.24) is 24.6 Å². The molecule has 0 aliphatic heterocycles. The number of imidazole rings is 1. The van der Waals surface area contributed by atoms with E-state index in [9.17, 15) is 9.59 Å². The number of nitrogens with zero attached hydrogens (tertiary/aromatic N) is 4. The summed E-state index contributed by atoms with van der Waals surface area (Å²) < 4.78 is 3.49. The summed E-state index contributed by atoms with van der Waals surface area (Å²) >= 11 is 0. The van der Waals surface area contributed by atoms with Crippen LogP contribution in [0.4, 0.5) is 0 Å². The molecule has 1 atom stereocenters. The summed E-state index contributed by atoms with van der Waals surface area (Å²) in [5.74, 6) is 0.821. The second-order valence-electron chi connectivity index (χ2n) is 6.45. The van der Waals surface area contributed by atoms with Crippen molar-refractivity contribution in [2.45, 2.75) is 47.2 Å². The Balaban J connectivity index is 2.17. The minimum absolute atomic E-state index is 0.0373. The molecule has 2 aromatic rings. The highest BCUT2D eigenvalue weighted by Gasteiger charge is 2.23. The molecule has 0 unspecified atom stereocenters. The summed E-state index contributed by atoms with van der Waals surface area (Å²) in [6.07, 6.45) is 3.58. The first kappa shape index (κ1) is 17.9. The van der Waals surface area contributed by atoms with E-state index >= 15 is 0 Å². The molecule has 0 saturated carbocycles. The lowest BCUT2D eigenvalue weighted by Gasteiger charge is -2.22. The van der Waals surface area contributed by atoms with Crippen LogP contribution in [0, 0.1) is 19.8 Å². The fourth-order valence-electron chi connectivity index (χ4n) is 2.92. The molecule has 0 aromatic carbocycles. The SMILES string of the molecule is CC(=O)c1c(C)nn(CC(=O)N[C@@H](c2nccn2C)C(C)C)c1C. The van der Waals surface area contributed by atoms with Gasteiger partial charge >= 0.3 is 0 Å². The fourth-order valence-corrected chi connectivity index (χ4v) is 2.92. The molecule has 130 valence electrons. The average molecular weight is 331 g/mol. The third-order valence-corrected chi connectivity index (χ3v) is 4.15. The van der Waals surface area contributed by atoms with Crippen molar-refractivity contribution in [3.05, 3.63) is 35.2 Å². The number of Topliss-reactive ketones (excluding diaryl/α,β-unsaturated/α-hetero) is 1. The Morgan fingerprint density at radius 3 is 2.42 bits per heavy atom. The summed E-state index contributed by atoms with van der Waals surface area (Å²) in [4.78, 5) is 28.5. The number of hydrogen-bond acceptors (Lipinski definition) is 4. The number of rotatable bonds is 6. The number of ketones is 1.